The second-order valence-electron chi connectivity index (χ2n) is 5.35. The highest BCUT2D eigenvalue weighted by Crippen LogP contribution is 2.02. The van der Waals surface area contributed by atoms with E-state index in [1.54, 1.807) is 0 Å². The van der Waals surface area contributed by atoms with Crippen molar-refractivity contribution < 1.29 is 24.2 Å². The van der Waals surface area contributed by atoms with E-state index >= 15 is 0 Å². The average molecular weight is 309 g/mol. The largest absolute Gasteiger partial charge is 0.480 e. The number of rotatable bonds is 9. The van der Waals surface area contributed by atoms with Crippen LogP contribution in [-0.2, 0) is 20.9 Å². The number of hydrogen-bond acceptors (Lipinski definition) is 4. The van der Waals surface area contributed by atoms with Gasteiger partial charge in [0.1, 0.15) is 6.61 Å². The molecule has 0 heterocycles. The molecule has 1 rings (SSSR count). The second kappa shape index (κ2) is 9.78. The summed E-state index contributed by atoms with van der Waals surface area (Å²) >= 11 is 0. The highest BCUT2D eigenvalue weighted by Gasteiger charge is 2.20. The number of carboxylic acids is 1. The van der Waals surface area contributed by atoms with E-state index in [0.29, 0.717) is 12.5 Å². The monoisotopic (exact) mass is 309 g/mol. The van der Waals surface area contributed by atoms with Gasteiger partial charge in [-0.3, -0.25) is 0 Å². The molecule has 0 aliphatic carbocycles. The van der Waals surface area contributed by atoms with E-state index in [9.17, 15) is 9.59 Å². The van der Waals surface area contributed by atoms with Gasteiger partial charge in [0.2, 0.25) is 0 Å². The smallest absolute Gasteiger partial charge is 0.408 e. The molecular weight excluding hydrogens is 286 g/mol. The third-order valence-electron chi connectivity index (χ3n) is 2.93. The predicted octanol–water partition coefficient (Wildman–Crippen LogP) is 2.43. The zero-order valence-electron chi connectivity index (χ0n) is 13.0. The molecule has 0 radical (unpaired) electrons. The fraction of sp³-hybridized carbons (Fsp3) is 0.500. The Morgan fingerprint density at radius 2 is 1.91 bits per heavy atom. The maximum absolute atomic E-state index is 11.6. The number of ether oxygens (including phenoxy) is 2. The van der Waals surface area contributed by atoms with Crippen LogP contribution in [0.2, 0.25) is 0 Å². The molecule has 1 aromatic carbocycles. The first-order valence-electron chi connectivity index (χ1n) is 7.26. The summed E-state index contributed by atoms with van der Waals surface area (Å²) in [5.41, 5.74) is 0.831. The Kier molecular flexibility index (Phi) is 7.99. The van der Waals surface area contributed by atoms with E-state index in [1.807, 2.05) is 30.3 Å². The topological polar surface area (TPSA) is 84.9 Å². The minimum absolute atomic E-state index is 0.0809. The second-order valence-corrected chi connectivity index (χ2v) is 5.35. The number of aliphatic carboxylic acids is 1. The number of carbonyl (C=O) groups is 2. The summed E-state index contributed by atoms with van der Waals surface area (Å²) in [6.07, 6.45) is 0.0637. The van der Waals surface area contributed by atoms with Crippen LogP contribution in [0.15, 0.2) is 30.3 Å². The van der Waals surface area contributed by atoms with Crippen LogP contribution in [0.3, 0.4) is 0 Å². The summed E-state index contributed by atoms with van der Waals surface area (Å²) in [4.78, 5) is 22.7. The molecule has 0 aromatic heterocycles. The quantitative estimate of drug-likeness (QED) is 0.684. The van der Waals surface area contributed by atoms with Crippen molar-refractivity contribution in [3.63, 3.8) is 0 Å². The van der Waals surface area contributed by atoms with Crippen LogP contribution < -0.4 is 5.32 Å². The van der Waals surface area contributed by atoms with Gasteiger partial charge in [0.05, 0.1) is 6.61 Å². The van der Waals surface area contributed by atoms with Crippen LogP contribution in [0.25, 0.3) is 0 Å². The number of hydrogen-bond donors (Lipinski definition) is 2. The number of carboxylic acid groups (broad SMARTS) is 1. The fourth-order valence-electron chi connectivity index (χ4n) is 1.60. The number of nitrogens with one attached hydrogen (secondary N) is 1. The minimum atomic E-state index is -1.15. The first kappa shape index (κ1) is 18.0. The standard InChI is InChI=1S/C16H23NO5/c1-12(2)8-9-21-11-14(15(18)19)17-16(20)22-10-13-6-4-3-5-7-13/h3-7,12,14H,8-11H2,1-2H3,(H,17,20)(H,18,19)/t14-/m0/s1. The van der Waals surface area contributed by atoms with Gasteiger partial charge in [0.25, 0.3) is 0 Å². The Morgan fingerprint density at radius 3 is 2.50 bits per heavy atom. The van der Waals surface area contributed by atoms with Crippen LogP contribution in [0.4, 0.5) is 4.79 Å². The minimum Gasteiger partial charge on any atom is -0.480 e. The van der Waals surface area contributed by atoms with Gasteiger partial charge in [-0.15, -0.1) is 0 Å². The molecule has 0 fully saturated rings. The highest BCUT2D eigenvalue weighted by atomic mass is 16.5. The summed E-state index contributed by atoms with van der Waals surface area (Å²) in [5, 5.41) is 11.4. The number of amides is 1. The lowest BCUT2D eigenvalue weighted by Crippen LogP contribution is -2.44. The Morgan fingerprint density at radius 1 is 1.23 bits per heavy atom. The van der Waals surface area contributed by atoms with E-state index < -0.39 is 18.1 Å². The first-order valence-corrected chi connectivity index (χ1v) is 7.26. The average Bonchev–Trinajstić information content (AvgIpc) is 2.48. The predicted molar refractivity (Wildman–Crippen MR) is 81.5 cm³/mol. The maximum atomic E-state index is 11.6. The van der Waals surface area contributed by atoms with Crippen LogP contribution in [0.1, 0.15) is 25.8 Å². The van der Waals surface area contributed by atoms with E-state index in [1.165, 1.54) is 0 Å². The molecule has 0 saturated heterocycles. The highest BCUT2D eigenvalue weighted by molar-refractivity contribution is 5.79. The normalized spacial score (nSPS) is 12.0. The molecule has 0 spiro atoms. The van der Waals surface area contributed by atoms with Crippen LogP contribution in [0, 0.1) is 5.92 Å². The molecule has 0 saturated carbocycles. The van der Waals surface area contributed by atoms with Gasteiger partial charge in [-0.2, -0.15) is 0 Å². The van der Waals surface area contributed by atoms with Gasteiger partial charge >= 0.3 is 12.1 Å². The summed E-state index contributed by atoms with van der Waals surface area (Å²) in [7, 11) is 0. The number of benzene rings is 1. The van der Waals surface area contributed by atoms with Crippen LogP contribution in [0.5, 0.6) is 0 Å². The van der Waals surface area contributed by atoms with Crippen molar-refractivity contribution >= 4 is 12.1 Å². The van der Waals surface area contributed by atoms with E-state index in [-0.39, 0.29) is 13.2 Å². The van der Waals surface area contributed by atoms with Gasteiger partial charge in [0, 0.05) is 6.61 Å². The number of carbonyl (C=O) groups excluding carboxylic acids is 1. The lowest BCUT2D eigenvalue weighted by atomic mass is 10.1. The SMILES string of the molecule is CC(C)CCOC[C@H](NC(=O)OCc1ccccc1)C(=O)O. The van der Waals surface area contributed by atoms with E-state index in [2.05, 4.69) is 19.2 Å². The van der Waals surface area contributed by atoms with Gasteiger partial charge < -0.3 is 19.9 Å². The van der Waals surface area contributed by atoms with Crippen molar-refractivity contribution in [1.29, 1.82) is 0 Å². The van der Waals surface area contributed by atoms with Crippen molar-refractivity contribution in [3.8, 4) is 0 Å². The molecule has 0 aliphatic heterocycles. The van der Waals surface area contributed by atoms with E-state index in [4.69, 9.17) is 14.6 Å². The molecule has 122 valence electrons. The van der Waals surface area contributed by atoms with Crippen LogP contribution in [-0.4, -0.2) is 36.4 Å². The maximum Gasteiger partial charge on any atom is 0.408 e. The Balaban J connectivity index is 2.32. The molecule has 0 aliphatic rings. The Bertz CT molecular complexity index is 461. The fourth-order valence-corrected chi connectivity index (χ4v) is 1.60. The molecule has 0 unspecified atom stereocenters. The zero-order chi connectivity index (χ0) is 16.4. The van der Waals surface area contributed by atoms with Crippen molar-refractivity contribution in [1.82, 2.24) is 5.32 Å². The molecule has 22 heavy (non-hydrogen) atoms. The lowest BCUT2D eigenvalue weighted by Gasteiger charge is -2.15. The molecule has 2 N–H and O–H groups in total. The molecule has 1 aromatic rings. The van der Waals surface area contributed by atoms with Gasteiger partial charge in [-0.25, -0.2) is 9.59 Å². The third kappa shape index (κ3) is 7.64. The first-order chi connectivity index (χ1) is 10.5. The zero-order valence-corrected chi connectivity index (χ0v) is 13.0. The van der Waals surface area contributed by atoms with Crippen molar-refractivity contribution in [2.45, 2.75) is 32.9 Å². The van der Waals surface area contributed by atoms with Crippen molar-refractivity contribution in [2.24, 2.45) is 5.92 Å². The van der Waals surface area contributed by atoms with Crippen molar-refractivity contribution in [3.05, 3.63) is 35.9 Å². The van der Waals surface area contributed by atoms with Crippen molar-refractivity contribution in [2.75, 3.05) is 13.2 Å². The number of alkyl carbamates (subject to hydrolysis) is 1. The van der Waals surface area contributed by atoms with E-state index in [0.717, 1.165) is 12.0 Å². The molecule has 1 amide bonds. The molecule has 6 nitrogen and oxygen atoms in total. The van der Waals surface area contributed by atoms with Gasteiger partial charge in [-0.1, -0.05) is 44.2 Å². The summed E-state index contributed by atoms with van der Waals surface area (Å²) < 4.78 is 10.3. The van der Waals surface area contributed by atoms with Gasteiger partial charge in [-0.05, 0) is 17.9 Å². The third-order valence-corrected chi connectivity index (χ3v) is 2.93. The Labute approximate surface area is 130 Å². The molecule has 1 atom stereocenters. The summed E-state index contributed by atoms with van der Waals surface area (Å²) in [6.45, 7) is 4.58. The summed E-state index contributed by atoms with van der Waals surface area (Å²) in [5.74, 6) is -0.673. The Hall–Kier alpha value is -2.08. The molecular formula is C16H23NO5. The summed E-state index contributed by atoms with van der Waals surface area (Å²) in [6, 6.07) is 8.04. The lowest BCUT2D eigenvalue weighted by molar-refractivity contribution is -0.141. The molecule has 6 heteroatoms. The van der Waals surface area contributed by atoms with Crippen LogP contribution >= 0.6 is 0 Å². The van der Waals surface area contributed by atoms with Gasteiger partial charge in [0.15, 0.2) is 6.04 Å². The molecule has 0 bridgehead atoms.